The molecule has 118 valence electrons. The zero-order valence-corrected chi connectivity index (χ0v) is 14.3. The van der Waals surface area contributed by atoms with E-state index in [1.807, 2.05) is 0 Å². The summed E-state index contributed by atoms with van der Waals surface area (Å²) in [7, 11) is 0. The molecule has 0 radical (unpaired) electrons. The third-order valence-corrected chi connectivity index (χ3v) is 4.43. The number of hydrogen-bond acceptors (Lipinski definition) is 3. The van der Waals surface area contributed by atoms with Crippen molar-refractivity contribution >= 4 is 0 Å². The fraction of sp³-hybridized carbons (Fsp3) is 0.722. The van der Waals surface area contributed by atoms with Crippen LogP contribution in [-0.2, 0) is 13.1 Å². The van der Waals surface area contributed by atoms with Crippen LogP contribution in [0.5, 0.6) is 0 Å². The molecule has 0 aromatic carbocycles. The lowest BCUT2D eigenvalue weighted by Crippen LogP contribution is -2.36. The second kappa shape index (κ2) is 6.89. The molecule has 0 bridgehead atoms. The Bertz CT molecular complexity index is 450. The largest absolute Gasteiger partial charge is 0.306 e. The molecule has 0 spiro atoms. The second-order valence-corrected chi connectivity index (χ2v) is 7.38. The Morgan fingerprint density at radius 2 is 1.95 bits per heavy atom. The summed E-state index contributed by atoms with van der Waals surface area (Å²) in [5.74, 6) is 0. The Morgan fingerprint density at radius 1 is 1.24 bits per heavy atom. The van der Waals surface area contributed by atoms with Crippen LogP contribution in [0.2, 0.25) is 0 Å². The summed E-state index contributed by atoms with van der Waals surface area (Å²) in [6.45, 7) is 13.0. The molecule has 0 saturated carbocycles. The van der Waals surface area contributed by atoms with Crippen molar-refractivity contribution in [1.29, 1.82) is 0 Å². The SMILES string of the molecule is CCC1CCC(C)N1Cc1cccc(CNC(C)(C)C)n1. The molecule has 2 rings (SSSR count). The number of hydrogen-bond donors (Lipinski definition) is 1. The van der Waals surface area contributed by atoms with Gasteiger partial charge in [0, 0.05) is 30.7 Å². The van der Waals surface area contributed by atoms with Gasteiger partial charge < -0.3 is 5.32 Å². The van der Waals surface area contributed by atoms with Crippen molar-refractivity contribution in [2.24, 2.45) is 0 Å². The summed E-state index contributed by atoms with van der Waals surface area (Å²) >= 11 is 0. The topological polar surface area (TPSA) is 28.2 Å². The van der Waals surface area contributed by atoms with Gasteiger partial charge in [-0.05, 0) is 59.1 Å². The lowest BCUT2D eigenvalue weighted by atomic mass is 10.1. The molecule has 0 aliphatic carbocycles. The fourth-order valence-electron chi connectivity index (χ4n) is 3.11. The lowest BCUT2D eigenvalue weighted by Gasteiger charge is -2.27. The third-order valence-electron chi connectivity index (χ3n) is 4.43. The van der Waals surface area contributed by atoms with E-state index in [9.17, 15) is 0 Å². The Balaban J connectivity index is 2.00. The molecule has 3 heteroatoms. The highest BCUT2D eigenvalue weighted by molar-refractivity contribution is 5.12. The van der Waals surface area contributed by atoms with Crippen LogP contribution >= 0.6 is 0 Å². The highest BCUT2D eigenvalue weighted by Gasteiger charge is 2.29. The minimum atomic E-state index is 0.133. The van der Waals surface area contributed by atoms with E-state index >= 15 is 0 Å². The predicted molar refractivity (Wildman–Crippen MR) is 89.1 cm³/mol. The summed E-state index contributed by atoms with van der Waals surface area (Å²) < 4.78 is 0. The van der Waals surface area contributed by atoms with Crippen LogP contribution in [0.25, 0.3) is 0 Å². The minimum absolute atomic E-state index is 0.133. The van der Waals surface area contributed by atoms with Gasteiger partial charge in [0.2, 0.25) is 0 Å². The number of nitrogens with one attached hydrogen (secondary N) is 1. The van der Waals surface area contributed by atoms with Crippen LogP contribution < -0.4 is 5.32 Å². The number of likely N-dealkylation sites (tertiary alicyclic amines) is 1. The average Bonchev–Trinajstić information content (AvgIpc) is 2.77. The predicted octanol–water partition coefficient (Wildman–Crippen LogP) is 3.73. The van der Waals surface area contributed by atoms with Crippen LogP contribution in [0.15, 0.2) is 18.2 Å². The van der Waals surface area contributed by atoms with Gasteiger partial charge in [-0.3, -0.25) is 9.88 Å². The maximum Gasteiger partial charge on any atom is 0.0548 e. The first-order valence-electron chi connectivity index (χ1n) is 8.34. The molecule has 1 N–H and O–H groups in total. The fourth-order valence-corrected chi connectivity index (χ4v) is 3.11. The maximum absolute atomic E-state index is 4.84. The van der Waals surface area contributed by atoms with Crippen molar-refractivity contribution in [2.45, 2.75) is 84.6 Å². The van der Waals surface area contributed by atoms with Crippen LogP contribution in [-0.4, -0.2) is 27.5 Å². The van der Waals surface area contributed by atoms with Crippen LogP contribution in [0.1, 0.15) is 65.3 Å². The third kappa shape index (κ3) is 4.79. The highest BCUT2D eigenvalue weighted by atomic mass is 15.2. The molecular weight excluding hydrogens is 258 g/mol. The van der Waals surface area contributed by atoms with E-state index in [0.717, 1.165) is 24.8 Å². The monoisotopic (exact) mass is 289 g/mol. The smallest absolute Gasteiger partial charge is 0.0548 e. The molecular formula is C18H31N3. The maximum atomic E-state index is 4.84. The van der Waals surface area contributed by atoms with Gasteiger partial charge in [-0.1, -0.05) is 13.0 Å². The molecule has 2 heterocycles. The standard InChI is InChI=1S/C18H31N3/c1-6-17-11-10-14(2)21(17)13-16-9-7-8-15(20-16)12-19-18(3,4)5/h7-9,14,17,19H,6,10-13H2,1-5H3. The Hall–Kier alpha value is -0.930. The first-order valence-corrected chi connectivity index (χ1v) is 8.34. The normalized spacial score (nSPS) is 23.7. The van der Waals surface area contributed by atoms with Crippen molar-refractivity contribution in [3.63, 3.8) is 0 Å². The highest BCUT2D eigenvalue weighted by Crippen LogP contribution is 2.27. The second-order valence-electron chi connectivity index (χ2n) is 7.38. The van der Waals surface area contributed by atoms with Crippen LogP contribution in [0.4, 0.5) is 0 Å². The molecule has 3 nitrogen and oxygen atoms in total. The Kier molecular flexibility index (Phi) is 5.39. The van der Waals surface area contributed by atoms with E-state index in [1.54, 1.807) is 0 Å². The molecule has 1 aliphatic rings. The van der Waals surface area contributed by atoms with E-state index in [0.29, 0.717) is 6.04 Å². The number of nitrogens with zero attached hydrogens (tertiary/aromatic N) is 2. The van der Waals surface area contributed by atoms with Crippen LogP contribution in [0, 0.1) is 0 Å². The first kappa shape index (κ1) is 16.4. The van der Waals surface area contributed by atoms with E-state index < -0.39 is 0 Å². The van der Waals surface area contributed by atoms with Gasteiger partial charge in [0.05, 0.1) is 11.4 Å². The van der Waals surface area contributed by atoms with Crippen molar-refractivity contribution in [2.75, 3.05) is 0 Å². The van der Waals surface area contributed by atoms with E-state index in [2.05, 4.69) is 63.0 Å². The number of rotatable bonds is 5. The molecule has 1 saturated heterocycles. The molecule has 1 fully saturated rings. The summed E-state index contributed by atoms with van der Waals surface area (Å²) in [6.07, 6.45) is 3.91. The van der Waals surface area contributed by atoms with Crippen molar-refractivity contribution in [1.82, 2.24) is 15.2 Å². The van der Waals surface area contributed by atoms with Crippen LogP contribution in [0.3, 0.4) is 0 Å². The Morgan fingerprint density at radius 3 is 2.62 bits per heavy atom. The Labute approximate surface area is 130 Å². The van der Waals surface area contributed by atoms with Gasteiger partial charge in [0.1, 0.15) is 0 Å². The first-order chi connectivity index (χ1) is 9.89. The van der Waals surface area contributed by atoms with E-state index in [-0.39, 0.29) is 5.54 Å². The van der Waals surface area contributed by atoms with Gasteiger partial charge in [-0.15, -0.1) is 0 Å². The quantitative estimate of drug-likeness (QED) is 0.895. The van der Waals surface area contributed by atoms with E-state index in [1.165, 1.54) is 25.0 Å². The zero-order valence-electron chi connectivity index (χ0n) is 14.3. The van der Waals surface area contributed by atoms with Crippen molar-refractivity contribution in [3.8, 4) is 0 Å². The van der Waals surface area contributed by atoms with Crippen molar-refractivity contribution < 1.29 is 0 Å². The summed E-state index contributed by atoms with van der Waals surface area (Å²) in [5, 5.41) is 3.51. The van der Waals surface area contributed by atoms with Gasteiger partial charge in [0.25, 0.3) is 0 Å². The molecule has 2 unspecified atom stereocenters. The number of aromatic nitrogens is 1. The van der Waals surface area contributed by atoms with Gasteiger partial charge in [0.15, 0.2) is 0 Å². The average molecular weight is 289 g/mol. The molecule has 1 aromatic rings. The van der Waals surface area contributed by atoms with E-state index in [4.69, 9.17) is 4.98 Å². The molecule has 21 heavy (non-hydrogen) atoms. The number of pyridine rings is 1. The van der Waals surface area contributed by atoms with Gasteiger partial charge >= 0.3 is 0 Å². The van der Waals surface area contributed by atoms with Gasteiger partial charge in [-0.2, -0.15) is 0 Å². The summed E-state index contributed by atoms with van der Waals surface area (Å²) in [6, 6.07) is 7.85. The van der Waals surface area contributed by atoms with Gasteiger partial charge in [-0.25, -0.2) is 0 Å². The lowest BCUT2D eigenvalue weighted by molar-refractivity contribution is 0.187. The molecule has 1 aromatic heterocycles. The van der Waals surface area contributed by atoms with Crippen molar-refractivity contribution in [3.05, 3.63) is 29.6 Å². The molecule has 0 amide bonds. The minimum Gasteiger partial charge on any atom is -0.306 e. The summed E-state index contributed by atoms with van der Waals surface area (Å²) in [4.78, 5) is 7.47. The molecule has 2 atom stereocenters. The molecule has 1 aliphatic heterocycles. The zero-order chi connectivity index (χ0) is 15.5. The summed E-state index contributed by atoms with van der Waals surface area (Å²) in [5.41, 5.74) is 2.48.